The van der Waals surface area contributed by atoms with E-state index in [1.165, 1.54) is 0 Å². The van der Waals surface area contributed by atoms with Crippen molar-refractivity contribution in [3.05, 3.63) is 34.3 Å². The van der Waals surface area contributed by atoms with Crippen molar-refractivity contribution >= 4 is 16.9 Å². The van der Waals surface area contributed by atoms with Crippen molar-refractivity contribution < 1.29 is 9.21 Å². The third kappa shape index (κ3) is 2.15. The van der Waals surface area contributed by atoms with Gasteiger partial charge in [0.15, 0.2) is 5.58 Å². The van der Waals surface area contributed by atoms with E-state index in [9.17, 15) is 9.59 Å². The zero-order valence-electron chi connectivity index (χ0n) is 8.37. The molecule has 1 N–H and O–H groups in total. The summed E-state index contributed by atoms with van der Waals surface area (Å²) < 4.78 is 4.92. The molecule has 0 amide bonds. The summed E-state index contributed by atoms with van der Waals surface area (Å²) in [6.07, 6.45) is 1.19. The van der Waals surface area contributed by atoms with Gasteiger partial charge in [-0.15, -0.1) is 0 Å². The molecule has 1 aromatic carbocycles. The van der Waals surface area contributed by atoms with E-state index in [1.807, 2.05) is 6.07 Å². The number of ketones is 1. The Morgan fingerprint density at radius 2 is 2.27 bits per heavy atom. The number of aromatic nitrogens is 1. The number of hydrogen-bond acceptors (Lipinski definition) is 3. The molecule has 0 bridgehead atoms. The first-order valence-corrected chi connectivity index (χ1v) is 4.76. The smallest absolute Gasteiger partial charge is 0.408 e. The van der Waals surface area contributed by atoms with Gasteiger partial charge < -0.3 is 9.21 Å². The maximum absolute atomic E-state index is 10.9. The van der Waals surface area contributed by atoms with Gasteiger partial charge in [-0.1, -0.05) is 6.07 Å². The Hall–Kier alpha value is -1.84. The van der Waals surface area contributed by atoms with Crippen LogP contribution in [0.2, 0.25) is 0 Å². The van der Waals surface area contributed by atoms with E-state index >= 15 is 0 Å². The highest BCUT2D eigenvalue weighted by Gasteiger charge is 2.02. The summed E-state index contributed by atoms with van der Waals surface area (Å²) in [6.45, 7) is 1.56. The number of benzene rings is 1. The molecule has 0 aliphatic heterocycles. The molecule has 4 heteroatoms. The highest BCUT2D eigenvalue weighted by Crippen LogP contribution is 2.13. The maximum atomic E-state index is 10.9. The third-order valence-electron chi connectivity index (χ3n) is 2.25. The Kier molecular flexibility index (Phi) is 2.41. The average molecular weight is 205 g/mol. The molecule has 15 heavy (non-hydrogen) atoms. The van der Waals surface area contributed by atoms with Crippen LogP contribution in [0.25, 0.3) is 11.1 Å². The van der Waals surface area contributed by atoms with Gasteiger partial charge >= 0.3 is 5.76 Å². The van der Waals surface area contributed by atoms with Crippen LogP contribution in [0.1, 0.15) is 18.9 Å². The summed E-state index contributed by atoms with van der Waals surface area (Å²) in [5.74, 6) is -0.292. The van der Waals surface area contributed by atoms with Gasteiger partial charge in [-0.05, 0) is 31.0 Å². The lowest BCUT2D eigenvalue weighted by atomic mass is 10.1. The van der Waals surface area contributed by atoms with Crippen LogP contribution in [0, 0.1) is 0 Å². The summed E-state index contributed by atoms with van der Waals surface area (Å²) in [5.41, 5.74) is 2.23. The van der Waals surface area contributed by atoms with Crippen molar-refractivity contribution in [3.8, 4) is 0 Å². The molecular weight excluding hydrogens is 194 g/mol. The van der Waals surface area contributed by atoms with Gasteiger partial charge in [0.05, 0.1) is 5.52 Å². The second-order valence-corrected chi connectivity index (χ2v) is 3.55. The summed E-state index contributed by atoms with van der Waals surface area (Å²) in [6, 6.07) is 5.46. The van der Waals surface area contributed by atoms with Gasteiger partial charge in [-0.25, -0.2) is 4.79 Å². The SMILES string of the molecule is CC(=O)CCc1ccc2[nH]c(=O)oc2c1. The highest BCUT2D eigenvalue weighted by molar-refractivity contribution is 5.76. The summed E-state index contributed by atoms with van der Waals surface area (Å²) in [4.78, 5) is 24.3. The molecule has 0 fully saturated rings. The van der Waals surface area contributed by atoms with Crippen molar-refractivity contribution in [1.29, 1.82) is 0 Å². The zero-order valence-corrected chi connectivity index (χ0v) is 8.37. The van der Waals surface area contributed by atoms with E-state index < -0.39 is 5.76 Å². The fourth-order valence-electron chi connectivity index (χ4n) is 1.47. The van der Waals surface area contributed by atoms with E-state index in [2.05, 4.69) is 4.98 Å². The Bertz CT molecular complexity index is 550. The first kappa shape index (κ1) is 9.71. The van der Waals surface area contributed by atoms with E-state index in [4.69, 9.17) is 4.42 Å². The maximum Gasteiger partial charge on any atom is 0.417 e. The number of aromatic amines is 1. The van der Waals surface area contributed by atoms with Gasteiger partial charge in [0.2, 0.25) is 0 Å². The topological polar surface area (TPSA) is 63.1 Å². The van der Waals surface area contributed by atoms with E-state index in [-0.39, 0.29) is 5.78 Å². The minimum absolute atomic E-state index is 0.158. The largest absolute Gasteiger partial charge is 0.417 e. The van der Waals surface area contributed by atoms with Crippen LogP contribution in [0.5, 0.6) is 0 Å². The first-order chi connectivity index (χ1) is 7.15. The molecule has 78 valence electrons. The van der Waals surface area contributed by atoms with Crippen molar-refractivity contribution in [1.82, 2.24) is 4.98 Å². The Morgan fingerprint density at radius 3 is 3.00 bits per heavy atom. The second-order valence-electron chi connectivity index (χ2n) is 3.55. The number of carbonyl (C=O) groups is 1. The quantitative estimate of drug-likeness (QED) is 0.828. The number of fused-ring (bicyclic) bond motifs is 1. The van der Waals surface area contributed by atoms with E-state index in [1.54, 1.807) is 19.1 Å². The lowest BCUT2D eigenvalue weighted by Crippen LogP contribution is -1.93. The Morgan fingerprint density at radius 1 is 1.47 bits per heavy atom. The van der Waals surface area contributed by atoms with Gasteiger partial charge in [0.1, 0.15) is 5.78 Å². The number of Topliss-reactive ketones (excluding diaryl/α,β-unsaturated/α-hetero) is 1. The van der Waals surface area contributed by atoms with Crippen molar-refractivity contribution in [2.75, 3.05) is 0 Å². The lowest BCUT2D eigenvalue weighted by molar-refractivity contribution is -0.116. The first-order valence-electron chi connectivity index (χ1n) is 4.76. The van der Waals surface area contributed by atoms with E-state index in [0.29, 0.717) is 23.9 Å². The summed E-state index contributed by atoms with van der Waals surface area (Å²) in [7, 11) is 0. The van der Waals surface area contributed by atoms with E-state index in [0.717, 1.165) is 5.56 Å². The van der Waals surface area contributed by atoms with Crippen LogP contribution >= 0.6 is 0 Å². The Labute approximate surface area is 85.9 Å². The second kappa shape index (κ2) is 3.73. The van der Waals surface area contributed by atoms with Crippen LogP contribution in [0.15, 0.2) is 27.4 Å². The molecule has 0 atom stereocenters. The Balaban J connectivity index is 2.30. The zero-order chi connectivity index (χ0) is 10.8. The third-order valence-corrected chi connectivity index (χ3v) is 2.25. The van der Waals surface area contributed by atoms with Gasteiger partial charge in [0.25, 0.3) is 0 Å². The highest BCUT2D eigenvalue weighted by atomic mass is 16.4. The average Bonchev–Trinajstić information content (AvgIpc) is 2.53. The van der Waals surface area contributed by atoms with Crippen LogP contribution in [-0.2, 0) is 11.2 Å². The fourth-order valence-corrected chi connectivity index (χ4v) is 1.47. The number of H-pyrrole nitrogens is 1. The predicted octanol–water partition coefficient (Wildman–Crippen LogP) is 1.64. The fraction of sp³-hybridized carbons (Fsp3) is 0.273. The van der Waals surface area contributed by atoms with Gasteiger partial charge in [0, 0.05) is 6.42 Å². The molecule has 0 saturated heterocycles. The molecule has 0 saturated carbocycles. The van der Waals surface area contributed by atoms with Gasteiger partial charge in [-0.2, -0.15) is 0 Å². The molecule has 1 heterocycles. The minimum Gasteiger partial charge on any atom is -0.408 e. The number of oxazole rings is 1. The van der Waals surface area contributed by atoms with Crippen LogP contribution in [-0.4, -0.2) is 10.8 Å². The number of aryl methyl sites for hydroxylation is 1. The molecule has 2 aromatic rings. The molecule has 0 aliphatic rings. The van der Waals surface area contributed by atoms with Crippen LogP contribution < -0.4 is 5.76 Å². The van der Waals surface area contributed by atoms with Crippen LogP contribution in [0.4, 0.5) is 0 Å². The van der Waals surface area contributed by atoms with Gasteiger partial charge in [-0.3, -0.25) is 4.98 Å². The number of rotatable bonds is 3. The molecule has 2 rings (SSSR count). The molecular formula is C11H11NO3. The minimum atomic E-state index is -0.450. The number of nitrogens with one attached hydrogen (secondary N) is 1. The molecule has 4 nitrogen and oxygen atoms in total. The molecule has 0 spiro atoms. The molecule has 0 radical (unpaired) electrons. The molecule has 0 aliphatic carbocycles. The number of carbonyl (C=O) groups excluding carboxylic acids is 1. The normalized spacial score (nSPS) is 10.7. The van der Waals surface area contributed by atoms with Crippen LogP contribution in [0.3, 0.4) is 0 Å². The predicted molar refractivity (Wildman–Crippen MR) is 55.8 cm³/mol. The van der Waals surface area contributed by atoms with Crippen molar-refractivity contribution in [2.24, 2.45) is 0 Å². The van der Waals surface area contributed by atoms with Crippen molar-refractivity contribution in [3.63, 3.8) is 0 Å². The molecule has 0 unspecified atom stereocenters. The summed E-state index contributed by atoms with van der Waals surface area (Å²) in [5, 5.41) is 0. The summed E-state index contributed by atoms with van der Waals surface area (Å²) >= 11 is 0. The monoisotopic (exact) mass is 205 g/mol. The number of hydrogen-bond donors (Lipinski definition) is 1. The van der Waals surface area contributed by atoms with Crippen molar-refractivity contribution in [2.45, 2.75) is 19.8 Å². The lowest BCUT2D eigenvalue weighted by Gasteiger charge is -1.97. The standard InChI is InChI=1S/C11H11NO3/c1-7(13)2-3-8-4-5-9-10(6-8)15-11(14)12-9/h4-6H,2-3H2,1H3,(H,12,14). The molecule has 1 aromatic heterocycles.